The first-order valence-electron chi connectivity index (χ1n) is 5.71. The largest absolute Gasteiger partial charge is 0.351 e. The van der Waals surface area contributed by atoms with Gasteiger partial charge in [0, 0.05) is 25.2 Å². The van der Waals surface area contributed by atoms with Crippen LogP contribution in [0.25, 0.3) is 0 Å². The number of sulfone groups is 1. The van der Waals surface area contributed by atoms with E-state index in [0.29, 0.717) is 30.6 Å². The lowest BCUT2D eigenvalue weighted by Crippen LogP contribution is -2.57. The van der Waals surface area contributed by atoms with Crippen LogP contribution in [0.15, 0.2) is 16.6 Å². The van der Waals surface area contributed by atoms with E-state index in [1.165, 1.54) is 0 Å². The molecule has 1 aliphatic heterocycles. The number of rotatable bonds is 2. The minimum atomic E-state index is -3.03. The molecule has 1 heterocycles. The van der Waals surface area contributed by atoms with E-state index < -0.39 is 14.6 Å². The predicted octanol–water partition coefficient (Wildman–Crippen LogP) is 0.823. The number of halogens is 1. The second-order valence-corrected chi connectivity index (χ2v) is 8.20. The van der Waals surface area contributed by atoms with E-state index in [1.807, 2.05) is 4.90 Å². The molecule has 0 atom stereocenters. The summed E-state index contributed by atoms with van der Waals surface area (Å²) in [5, 5.41) is 3.54. The zero-order valence-corrected chi connectivity index (χ0v) is 12.6. The maximum absolute atomic E-state index is 11.9. The van der Waals surface area contributed by atoms with E-state index >= 15 is 0 Å². The summed E-state index contributed by atoms with van der Waals surface area (Å²) in [6.45, 7) is 8.35. The molecule has 1 fully saturated rings. The Morgan fingerprint density at radius 2 is 2.17 bits per heavy atom. The van der Waals surface area contributed by atoms with Crippen molar-refractivity contribution >= 4 is 27.4 Å². The van der Waals surface area contributed by atoms with Gasteiger partial charge < -0.3 is 10.2 Å². The Kier molecular flexibility index (Phi) is 4.66. The molecule has 1 saturated heterocycles. The van der Waals surface area contributed by atoms with Crippen molar-refractivity contribution in [1.82, 2.24) is 10.2 Å². The molecule has 1 N–H and O–H groups in total. The second kappa shape index (κ2) is 5.48. The zero-order chi connectivity index (χ0) is 14.0. The third-order valence-electron chi connectivity index (χ3n) is 2.99. The summed E-state index contributed by atoms with van der Waals surface area (Å²) in [6, 6.07) is 0. The molecule has 0 bridgehead atoms. The number of nitrogens with one attached hydrogen (secondary N) is 1. The summed E-state index contributed by atoms with van der Waals surface area (Å²) in [6.07, 6.45) is 0. The average molecular weight is 294 g/mol. The van der Waals surface area contributed by atoms with Crippen molar-refractivity contribution in [2.24, 2.45) is 4.99 Å². The number of aliphatic imine (C=N–C) groups is 1. The van der Waals surface area contributed by atoms with Crippen LogP contribution >= 0.6 is 11.6 Å². The van der Waals surface area contributed by atoms with Gasteiger partial charge in [-0.25, -0.2) is 8.42 Å². The van der Waals surface area contributed by atoms with E-state index in [9.17, 15) is 8.42 Å². The molecular formula is C11H20ClN3O2S. The molecule has 0 aromatic rings. The molecule has 0 spiro atoms. The highest BCUT2D eigenvalue weighted by Crippen LogP contribution is 2.23. The van der Waals surface area contributed by atoms with Crippen LogP contribution in [0.4, 0.5) is 0 Å². The van der Waals surface area contributed by atoms with Crippen LogP contribution in [0, 0.1) is 0 Å². The monoisotopic (exact) mass is 293 g/mol. The highest BCUT2D eigenvalue weighted by Gasteiger charge is 2.40. The summed E-state index contributed by atoms with van der Waals surface area (Å²) in [7, 11) is -1.37. The standard InChI is InChI=1S/C11H20ClN3O2S/c1-9(12)7-14-10(13-4)15-5-6-18(16,17)11(2,3)8-15/h1,5-8H2,2-4H3,(H,13,14). The third kappa shape index (κ3) is 3.38. The first-order chi connectivity index (χ1) is 8.19. The van der Waals surface area contributed by atoms with Crippen molar-refractivity contribution in [3.63, 3.8) is 0 Å². The van der Waals surface area contributed by atoms with Gasteiger partial charge in [-0.15, -0.1) is 0 Å². The molecule has 7 heteroatoms. The molecule has 18 heavy (non-hydrogen) atoms. The highest BCUT2D eigenvalue weighted by atomic mass is 35.5. The van der Waals surface area contributed by atoms with Gasteiger partial charge in [-0.1, -0.05) is 18.2 Å². The van der Waals surface area contributed by atoms with Crippen LogP contribution in [-0.4, -0.2) is 56.5 Å². The Hall–Kier alpha value is -0.750. The Labute approximate surface area is 114 Å². The number of hydrogen-bond donors (Lipinski definition) is 1. The molecule has 0 aromatic carbocycles. The molecule has 0 aliphatic carbocycles. The fourth-order valence-electron chi connectivity index (χ4n) is 1.83. The van der Waals surface area contributed by atoms with Gasteiger partial charge in [0.1, 0.15) is 0 Å². The normalized spacial score (nSPS) is 22.7. The van der Waals surface area contributed by atoms with Crippen LogP contribution in [0.5, 0.6) is 0 Å². The van der Waals surface area contributed by atoms with Crippen molar-refractivity contribution < 1.29 is 8.42 Å². The summed E-state index contributed by atoms with van der Waals surface area (Å²) >= 11 is 5.69. The molecular weight excluding hydrogens is 274 g/mol. The Balaban J connectivity index is 2.77. The molecule has 104 valence electrons. The lowest BCUT2D eigenvalue weighted by molar-refractivity contribution is 0.354. The van der Waals surface area contributed by atoms with E-state index in [0.717, 1.165) is 0 Å². The maximum Gasteiger partial charge on any atom is 0.194 e. The Morgan fingerprint density at radius 1 is 1.56 bits per heavy atom. The van der Waals surface area contributed by atoms with Gasteiger partial charge in [-0.2, -0.15) is 0 Å². The van der Waals surface area contributed by atoms with Gasteiger partial charge in [0.05, 0.1) is 17.0 Å². The molecule has 0 radical (unpaired) electrons. The van der Waals surface area contributed by atoms with Crippen molar-refractivity contribution in [3.8, 4) is 0 Å². The number of hydrogen-bond acceptors (Lipinski definition) is 3. The van der Waals surface area contributed by atoms with Crippen LogP contribution in [-0.2, 0) is 9.84 Å². The van der Waals surface area contributed by atoms with Gasteiger partial charge in [0.2, 0.25) is 0 Å². The second-order valence-electron chi connectivity index (χ2n) is 4.92. The van der Waals surface area contributed by atoms with Gasteiger partial charge >= 0.3 is 0 Å². The molecule has 1 aliphatic rings. The maximum atomic E-state index is 11.9. The molecule has 0 saturated carbocycles. The van der Waals surface area contributed by atoms with Crippen LogP contribution in [0.2, 0.25) is 0 Å². The molecule has 0 aromatic heterocycles. The molecule has 5 nitrogen and oxygen atoms in total. The van der Waals surface area contributed by atoms with Gasteiger partial charge in [-0.3, -0.25) is 4.99 Å². The minimum Gasteiger partial charge on any atom is -0.351 e. The fourth-order valence-corrected chi connectivity index (χ4v) is 3.26. The fraction of sp³-hybridized carbons (Fsp3) is 0.727. The van der Waals surface area contributed by atoms with E-state index in [2.05, 4.69) is 16.9 Å². The number of nitrogens with zero attached hydrogens (tertiary/aromatic N) is 2. The Bertz CT molecular complexity index is 457. The van der Waals surface area contributed by atoms with Crippen LogP contribution in [0.3, 0.4) is 0 Å². The summed E-state index contributed by atoms with van der Waals surface area (Å²) in [5.41, 5.74) is 0. The summed E-state index contributed by atoms with van der Waals surface area (Å²) in [5.74, 6) is 0.794. The third-order valence-corrected chi connectivity index (χ3v) is 5.66. The lowest BCUT2D eigenvalue weighted by Gasteiger charge is -2.39. The smallest absolute Gasteiger partial charge is 0.194 e. The summed E-state index contributed by atoms with van der Waals surface area (Å²) < 4.78 is 23.0. The Morgan fingerprint density at radius 3 is 2.61 bits per heavy atom. The van der Waals surface area contributed by atoms with E-state index in [4.69, 9.17) is 11.6 Å². The van der Waals surface area contributed by atoms with Gasteiger partial charge in [0.15, 0.2) is 15.8 Å². The molecule has 0 amide bonds. The molecule has 1 rings (SSSR count). The van der Waals surface area contributed by atoms with Crippen molar-refractivity contribution in [2.75, 3.05) is 32.4 Å². The lowest BCUT2D eigenvalue weighted by atomic mass is 10.2. The average Bonchev–Trinajstić information content (AvgIpc) is 2.23. The van der Waals surface area contributed by atoms with Crippen molar-refractivity contribution in [2.45, 2.75) is 18.6 Å². The topological polar surface area (TPSA) is 61.8 Å². The zero-order valence-electron chi connectivity index (χ0n) is 11.0. The molecule has 0 unspecified atom stereocenters. The number of guanidine groups is 1. The highest BCUT2D eigenvalue weighted by molar-refractivity contribution is 7.92. The quantitative estimate of drug-likeness (QED) is 0.605. The van der Waals surface area contributed by atoms with Crippen LogP contribution in [0.1, 0.15) is 13.8 Å². The predicted molar refractivity (Wildman–Crippen MR) is 75.8 cm³/mol. The SMILES string of the molecule is C=C(Cl)CNC(=NC)N1CCS(=O)(=O)C(C)(C)C1. The van der Waals surface area contributed by atoms with Gasteiger partial charge in [-0.05, 0) is 13.8 Å². The van der Waals surface area contributed by atoms with Gasteiger partial charge in [0.25, 0.3) is 0 Å². The van der Waals surface area contributed by atoms with E-state index in [-0.39, 0.29) is 5.75 Å². The van der Waals surface area contributed by atoms with Crippen molar-refractivity contribution in [3.05, 3.63) is 11.6 Å². The van der Waals surface area contributed by atoms with Crippen molar-refractivity contribution in [1.29, 1.82) is 0 Å². The van der Waals surface area contributed by atoms with E-state index in [1.54, 1.807) is 20.9 Å². The first-order valence-corrected chi connectivity index (χ1v) is 7.74. The minimum absolute atomic E-state index is 0.141. The first kappa shape index (κ1) is 15.3. The summed E-state index contributed by atoms with van der Waals surface area (Å²) in [4.78, 5) is 6.07. The van der Waals surface area contributed by atoms with Crippen LogP contribution < -0.4 is 5.32 Å².